The number of nitrogens with zero attached hydrogens (tertiary/aromatic N) is 3. The van der Waals surface area contributed by atoms with Crippen LogP contribution in [0.5, 0.6) is 5.88 Å². The zero-order valence-corrected chi connectivity index (χ0v) is 12.7. The molecule has 0 aliphatic heterocycles. The molecule has 0 spiro atoms. The van der Waals surface area contributed by atoms with Crippen molar-refractivity contribution in [3.63, 3.8) is 0 Å². The second-order valence-electron chi connectivity index (χ2n) is 4.65. The van der Waals surface area contributed by atoms with Crippen LogP contribution in [0, 0.1) is 11.3 Å². The van der Waals surface area contributed by atoms with Gasteiger partial charge < -0.3 is 15.4 Å². The summed E-state index contributed by atoms with van der Waals surface area (Å²) in [5, 5.41) is 17.8. The monoisotopic (exact) mass is 313 g/mol. The molecule has 118 valence electrons. The average Bonchev–Trinajstić information content (AvgIpc) is 2.94. The van der Waals surface area contributed by atoms with E-state index in [1.165, 1.54) is 18.0 Å². The standard InChI is InChI=1S/C15H15N5O3/c1-20-9-12(15(19-20)23-2)14(22)17-8-13(21)18-11-5-3-10(7-16)4-6-11/h3-6,9H,8H2,1-2H3,(H,17,22)(H,18,21). The van der Waals surface area contributed by atoms with Gasteiger partial charge in [-0.05, 0) is 24.3 Å². The topological polar surface area (TPSA) is 109 Å². The number of ether oxygens (including phenoxy) is 1. The summed E-state index contributed by atoms with van der Waals surface area (Å²) < 4.78 is 6.44. The molecule has 1 aromatic carbocycles. The number of hydrogen-bond acceptors (Lipinski definition) is 5. The number of rotatable bonds is 5. The van der Waals surface area contributed by atoms with E-state index >= 15 is 0 Å². The molecule has 0 radical (unpaired) electrons. The maximum Gasteiger partial charge on any atom is 0.258 e. The van der Waals surface area contributed by atoms with Crippen LogP contribution in [0.15, 0.2) is 30.5 Å². The second-order valence-corrected chi connectivity index (χ2v) is 4.65. The van der Waals surface area contributed by atoms with Gasteiger partial charge in [0.05, 0.1) is 25.3 Å². The fourth-order valence-electron chi connectivity index (χ4n) is 1.86. The minimum absolute atomic E-state index is 0.192. The Kier molecular flexibility index (Phi) is 4.94. The van der Waals surface area contributed by atoms with E-state index in [1.807, 2.05) is 6.07 Å². The maximum atomic E-state index is 12.0. The first-order valence-electron chi connectivity index (χ1n) is 6.69. The smallest absolute Gasteiger partial charge is 0.258 e. The van der Waals surface area contributed by atoms with Gasteiger partial charge in [-0.25, -0.2) is 0 Å². The van der Waals surface area contributed by atoms with Crippen molar-refractivity contribution in [2.75, 3.05) is 19.0 Å². The van der Waals surface area contributed by atoms with Crippen LogP contribution in [-0.4, -0.2) is 35.2 Å². The lowest BCUT2D eigenvalue weighted by atomic mass is 10.2. The molecular weight excluding hydrogens is 298 g/mol. The first kappa shape index (κ1) is 16.0. The first-order valence-corrected chi connectivity index (χ1v) is 6.69. The Labute approximate surface area is 132 Å². The number of aryl methyl sites for hydroxylation is 1. The van der Waals surface area contributed by atoms with Crippen molar-refractivity contribution in [3.05, 3.63) is 41.6 Å². The summed E-state index contributed by atoms with van der Waals surface area (Å²) in [6.07, 6.45) is 1.51. The molecule has 2 aromatic rings. The number of methoxy groups -OCH3 is 1. The number of nitrogens with one attached hydrogen (secondary N) is 2. The highest BCUT2D eigenvalue weighted by atomic mass is 16.5. The summed E-state index contributed by atoms with van der Waals surface area (Å²) in [5.41, 5.74) is 1.29. The van der Waals surface area contributed by atoms with Gasteiger partial charge in [0.2, 0.25) is 11.8 Å². The van der Waals surface area contributed by atoms with E-state index in [-0.39, 0.29) is 23.9 Å². The molecule has 0 aliphatic rings. The van der Waals surface area contributed by atoms with E-state index in [2.05, 4.69) is 15.7 Å². The first-order chi connectivity index (χ1) is 11.0. The van der Waals surface area contributed by atoms with E-state index in [9.17, 15) is 9.59 Å². The van der Waals surface area contributed by atoms with Crippen LogP contribution < -0.4 is 15.4 Å². The summed E-state index contributed by atoms with van der Waals surface area (Å²) in [5.74, 6) is -0.645. The third-order valence-corrected chi connectivity index (χ3v) is 2.94. The van der Waals surface area contributed by atoms with E-state index < -0.39 is 5.91 Å². The molecule has 2 N–H and O–H groups in total. The summed E-state index contributed by atoms with van der Waals surface area (Å²) in [6, 6.07) is 8.40. The Morgan fingerprint density at radius 3 is 2.65 bits per heavy atom. The van der Waals surface area contributed by atoms with Gasteiger partial charge in [0.25, 0.3) is 5.91 Å². The van der Waals surface area contributed by atoms with Crippen LogP contribution >= 0.6 is 0 Å². The van der Waals surface area contributed by atoms with Crippen molar-refractivity contribution < 1.29 is 14.3 Å². The Morgan fingerprint density at radius 1 is 1.35 bits per heavy atom. The molecule has 8 nitrogen and oxygen atoms in total. The highest BCUT2D eigenvalue weighted by Gasteiger charge is 2.16. The van der Waals surface area contributed by atoms with Crippen molar-refractivity contribution >= 4 is 17.5 Å². The number of anilines is 1. The zero-order chi connectivity index (χ0) is 16.8. The van der Waals surface area contributed by atoms with Gasteiger partial charge in [-0.2, -0.15) is 5.26 Å². The fourth-order valence-corrected chi connectivity index (χ4v) is 1.86. The van der Waals surface area contributed by atoms with Crippen LogP contribution in [0.4, 0.5) is 5.69 Å². The lowest BCUT2D eigenvalue weighted by Gasteiger charge is -2.06. The van der Waals surface area contributed by atoms with E-state index in [0.29, 0.717) is 11.3 Å². The molecule has 0 bridgehead atoms. The van der Waals surface area contributed by atoms with Gasteiger partial charge in [0.15, 0.2) is 0 Å². The Morgan fingerprint density at radius 2 is 2.04 bits per heavy atom. The third-order valence-electron chi connectivity index (χ3n) is 2.94. The van der Waals surface area contributed by atoms with Crippen LogP contribution in [0.3, 0.4) is 0 Å². The van der Waals surface area contributed by atoms with Crippen LogP contribution in [0.1, 0.15) is 15.9 Å². The molecule has 0 saturated carbocycles. The van der Waals surface area contributed by atoms with E-state index in [4.69, 9.17) is 10.00 Å². The number of nitriles is 1. The summed E-state index contributed by atoms with van der Waals surface area (Å²) in [7, 11) is 3.08. The largest absolute Gasteiger partial charge is 0.479 e. The highest BCUT2D eigenvalue weighted by Crippen LogP contribution is 2.14. The van der Waals surface area contributed by atoms with Crippen molar-refractivity contribution in [1.82, 2.24) is 15.1 Å². The van der Waals surface area contributed by atoms with Gasteiger partial charge >= 0.3 is 0 Å². The molecule has 0 aliphatic carbocycles. The molecule has 23 heavy (non-hydrogen) atoms. The maximum absolute atomic E-state index is 12.0. The van der Waals surface area contributed by atoms with Crippen LogP contribution in [0.2, 0.25) is 0 Å². The molecule has 1 heterocycles. The normalized spacial score (nSPS) is 9.78. The molecule has 0 unspecified atom stereocenters. The van der Waals surface area contributed by atoms with Gasteiger partial charge in [-0.3, -0.25) is 14.3 Å². The third kappa shape index (κ3) is 4.07. The van der Waals surface area contributed by atoms with Crippen molar-refractivity contribution in [3.8, 4) is 11.9 Å². The van der Waals surface area contributed by atoms with Gasteiger partial charge in [-0.1, -0.05) is 0 Å². The molecular formula is C15H15N5O3. The van der Waals surface area contributed by atoms with E-state index in [0.717, 1.165) is 0 Å². The molecule has 2 amide bonds. The van der Waals surface area contributed by atoms with Gasteiger partial charge in [0.1, 0.15) is 5.56 Å². The molecule has 0 saturated heterocycles. The van der Waals surface area contributed by atoms with Crippen molar-refractivity contribution in [2.45, 2.75) is 0 Å². The summed E-state index contributed by atoms with van der Waals surface area (Å²) >= 11 is 0. The molecule has 2 rings (SSSR count). The zero-order valence-electron chi connectivity index (χ0n) is 12.7. The average molecular weight is 313 g/mol. The minimum atomic E-state index is -0.454. The minimum Gasteiger partial charge on any atom is -0.479 e. The number of aromatic nitrogens is 2. The molecule has 1 aromatic heterocycles. The predicted octanol–water partition coefficient (Wildman–Crippen LogP) is 0.669. The number of carbonyl (C=O) groups is 2. The summed E-state index contributed by atoms with van der Waals surface area (Å²) in [6.45, 7) is -0.198. The number of carbonyl (C=O) groups excluding carboxylic acids is 2. The van der Waals surface area contributed by atoms with Crippen LogP contribution in [0.25, 0.3) is 0 Å². The van der Waals surface area contributed by atoms with Gasteiger partial charge in [0, 0.05) is 18.9 Å². The lowest BCUT2D eigenvalue weighted by Crippen LogP contribution is -2.32. The Balaban J connectivity index is 1.90. The SMILES string of the molecule is COc1nn(C)cc1C(=O)NCC(=O)Nc1ccc(C#N)cc1. The van der Waals surface area contributed by atoms with E-state index in [1.54, 1.807) is 31.3 Å². The Bertz CT molecular complexity index is 758. The predicted molar refractivity (Wildman–Crippen MR) is 81.9 cm³/mol. The van der Waals surface area contributed by atoms with Crippen molar-refractivity contribution in [2.24, 2.45) is 7.05 Å². The fraction of sp³-hybridized carbons (Fsp3) is 0.200. The van der Waals surface area contributed by atoms with Crippen molar-refractivity contribution in [1.29, 1.82) is 5.26 Å². The number of hydrogen-bond donors (Lipinski definition) is 2. The second kappa shape index (κ2) is 7.09. The Hall–Kier alpha value is -3.34. The number of amides is 2. The quantitative estimate of drug-likeness (QED) is 0.843. The molecule has 8 heteroatoms. The highest BCUT2D eigenvalue weighted by molar-refractivity contribution is 6.00. The lowest BCUT2D eigenvalue weighted by molar-refractivity contribution is -0.115. The number of benzene rings is 1. The molecule has 0 fully saturated rings. The summed E-state index contributed by atoms with van der Waals surface area (Å²) in [4.78, 5) is 23.8. The van der Waals surface area contributed by atoms with Crippen LogP contribution in [-0.2, 0) is 11.8 Å². The molecule has 0 atom stereocenters. The van der Waals surface area contributed by atoms with Gasteiger partial charge in [-0.15, -0.1) is 5.10 Å².